The summed E-state index contributed by atoms with van der Waals surface area (Å²) in [6.07, 6.45) is -2.90. The molecule has 1 aliphatic rings. The SMILES string of the molecule is C[C@]1(C(F)(F)F)C[C@H](C(=O)N(CCCCCC(=O)O)c2cccc(Br)c2)C1. The van der Waals surface area contributed by atoms with Gasteiger partial charge in [0.15, 0.2) is 0 Å². The molecule has 0 aliphatic heterocycles. The number of carboxylic acids is 1. The average molecular weight is 450 g/mol. The van der Waals surface area contributed by atoms with E-state index in [4.69, 9.17) is 5.11 Å². The molecule has 1 aromatic carbocycles. The lowest BCUT2D eigenvalue weighted by atomic mass is 9.62. The second-order valence-electron chi connectivity index (χ2n) is 7.34. The number of hydrogen-bond acceptors (Lipinski definition) is 2. The first-order valence-corrected chi connectivity index (χ1v) is 9.68. The Morgan fingerprint density at radius 2 is 1.93 bits per heavy atom. The van der Waals surface area contributed by atoms with Crippen LogP contribution in [0, 0.1) is 11.3 Å². The number of nitrogens with zero attached hydrogens (tertiary/aromatic N) is 1. The molecule has 27 heavy (non-hydrogen) atoms. The Kier molecular flexibility index (Phi) is 6.94. The largest absolute Gasteiger partial charge is 0.481 e. The molecule has 0 atom stereocenters. The smallest absolute Gasteiger partial charge is 0.394 e. The van der Waals surface area contributed by atoms with Crippen LogP contribution in [-0.2, 0) is 9.59 Å². The van der Waals surface area contributed by atoms with Crippen LogP contribution in [0.4, 0.5) is 18.9 Å². The molecule has 4 nitrogen and oxygen atoms in total. The lowest BCUT2D eigenvalue weighted by molar-refractivity contribution is -0.253. The third kappa shape index (κ3) is 5.46. The topological polar surface area (TPSA) is 57.6 Å². The summed E-state index contributed by atoms with van der Waals surface area (Å²) in [6.45, 7) is 1.51. The summed E-state index contributed by atoms with van der Waals surface area (Å²) >= 11 is 3.35. The minimum atomic E-state index is -4.30. The van der Waals surface area contributed by atoms with Crippen molar-refractivity contribution in [2.45, 2.75) is 51.6 Å². The molecule has 1 amide bonds. The monoisotopic (exact) mass is 449 g/mol. The normalized spacial score (nSPS) is 22.2. The summed E-state index contributed by atoms with van der Waals surface area (Å²) in [5, 5.41) is 8.68. The highest BCUT2D eigenvalue weighted by atomic mass is 79.9. The van der Waals surface area contributed by atoms with Crippen LogP contribution in [0.1, 0.15) is 45.4 Å². The molecule has 0 radical (unpaired) electrons. The van der Waals surface area contributed by atoms with Gasteiger partial charge in [0, 0.05) is 29.0 Å². The molecule has 1 fully saturated rings. The predicted molar refractivity (Wildman–Crippen MR) is 99.5 cm³/mol. The number of amides is 1. The third-order valence-electron chi connectivity index (χ3n) is 5.09. The number of anilines is 1. The van der Waals surface area contributed by atoms with Crippen molar-refractivity contribution in [2.75, 3.05) is 11.4 Å². The molecular formula is C19H23BrF3NO3. The summed E-state index contributed by atoms with van der Waals surface area (Å²) in [7, 11) is 0. The molecule has 0 saturated heterocycles. The quantitative estimate of drug-likeness (QED) is 0.540. The first-order chi connectivity index (χ1) is 12.5. The first-order valence-electron chi connectivity index (χ1n) is 8.89. The van der Waals surface area contributed by atoms with Crippen molar-refractivity contribution >= 4 is 33.5 Å². The molecule has 0 heterocycles. The van der Waals surface area contributed by atoms with E-state index in [9.17, 15) is 22.8 Å². The average Bonchev–Trinajstić information content (AvgIpc) is 2.53. The number of halogens is 4. The van der Waals surface area contributed by atoms with Crippen LogP contribution in [-0.4, -0.2) is 29.7 Å². The molecule has 0 aromatic heterocycles. The highest BCUT2D eigenvalue weighted by molar-refractivity contribution is 9.10. The Labute approximate surface area is 164 Å². The van der Waals surface area contributed by atoms with Crippen LogP contribution >= 0.6 is 15.9 Å². The highest BCUT2D eigenvalue weighted by Crippen LogP contribution is 2.56. The Morgan fingerprint density at radius 3 is 2.48 bits per heavy atom. The number of carbonyl (C=O) groups is 2. The van der Waals surface area contributed by atoms with Crippen molar-refractivity contribution in [1.29, 1.82) is 0 Å². The maximum atomic E-state index is 13.1. The van der Waals surface area contributed by atoms with Crippen LogP contribution in [0.2, 0.25) is 0 Å². The molecule has 0 spiro atoms. The van der Waals surface area contributed by atoms with Gasteiger partial charge in [-0.15, -0.1) is 0 Å². The molecular weight excluding hydrogens is 427 g/mol. The van der Waals surface area contributed by atoms with Gasteiger partial charge in [0.05, 0.1) is 5.41 Å². The van der Waals surface area contributed by atoms with E-state index in [1.54, 1.807) is 18.2 Å². The van der Waals surface area contributed by atoms with E-state index < -0.39 is 23.5 Å². The van der Waals surface area contributed by atoms with Crippen LogP contribution in [0.3, 0.4) is 0 Å². The Bertz CT molecular complexity index is 687. The van der Waals surface area contributed by atoms with E-state index in [0.29, 0.717) is 31.5 Å². The van der Waals surface area contributed by atoms with Gasteiger partial charge in [-0.05, 0) is 43.9 Å². The second kappa shape index (κ2) is 8.63. The van der Waals surface area contributed by atoms with Crippen molar-refractivity contribution in [3.63, 3.8) is 0 Å². The molecule has 0 bridgehead atoms. The van der Waals surface area contributed by atoms with E-state index in [1.807, 2.05) is 6.07 Å². The minimum Gasteiger partial charge on any atom is -0.481 e. The summed E-state index contributed by atoms with van der Waals surface area (Å²) in [5.41, 5.74) is -1.16. The molecule has 1 aromatic rings. The molecule has 2 rings (SSSR count). The summed E-state index contributed by atoms with van der Waals surface area (Å²) < 4.78 is 40.0. The van der Waals surface area contributed by atoms with Crippen molar-refractivity contribution < 1.29 is 27.9 Å². The summed E-state index contributed by atoms with van der Waals surface area (Å²) in [5.74, 6) is -1.81. The van der Waals surface area contributed by atoms with E-state index in [0.717, 1.165) is 11.4 Å². The van der Waals surface area contributed by atoms with Gasteiger partial charge >= 0.3 is 12.1 Å². The van der Waals surface area contributed by atoms with Gasteiger partial charge in [-0.3, -0.25) is 9.59 Å². The zero-order valence-corrected chi connectivity index (χ0v) is 16.6. The molecule has 1 N–H and O–H groups in total. The second-order valence-corrected chi connectivity index (χ2v) is 8.25. The van der Waals surface area contributed by atoms with Gasteiger partial charge in [0.1, 0.15) is 0 Å². The zero-order valence-electron chi connectivity index (χ0n) is 15.1. The number of benzene rings is 1. The fraction of sp³-hybridized carbons (Fsp3) is 0.579. The molecule has 150 valence electrons. The Morgan fingerprint density at radius 1 is 1.26 bits per heavy atom. The number of hydrogen-bond donors (Lipinski definition) is 1. The van der Waals surface area contributed by atoms with E-state index in [1.165, 1.54) is 4.90 Å². The number of carbonyl (C=O) groups excluding carboxylic acids is 1. The van der Waals surface area contributed by atoms with Crippen molar-refractivity contribution in [3.8, 4) is 0 Å². The van der Waals surface area contributed by atoms with E-state index >= 15 is 0 Å². The molecule has 1 aliphatic carbocycles. The van der Waals surface area contributed by atoms with Gasteiger partial charge in [-0.2, -0.15) is 13.2 Å². The standard InChI is InChI=1S/C19H23BrF3NO3/c1-18(19(21,22)23)11-13(12-18)17(27)24(9-4-2-3-8-16(25)26)15-7-5-6-14(20)10-15/h5-7,10,13H,2-4,8-9,11-12H2,1H3,(H,25,26)/t13-,18-. The number of alkyl halides is 3. The molecule has 1 saturated carbocycles. The first kappa shape index (κ1) is 21.7. The molecule has 0 unspecified atom stereocenters. The number of carboxylic acid groups (broad SMARTS) is 1. The maximum Gasteiger partial charge on any atom is 0.394 e. The lowest BCUT2D eigenvalue weighted by Gasteiger charge is -2.46. The van der Waals surface area contributed by atoms with Crippen molar-refractivity contribution in [1.82, 2.24) is 0 Å². The fourth-order valence-electron chi connectivity index (χ4n) is 3.39. The zero-order chi connectivity index (χ0) is 20.2. The minimum absolute atomic E-state index is 0.0669. The van der Waals surface area contributed by atoms with Gasteiger partial charge in [-0.25, -0.2) is 0 Å². The Balaban J connectivity index is 2.04. The lowest BCUT2D eigenvalue weighted by Crippen LogP contribution is -2.52. The maximum absolute atomic E-state index is 13.1. The summed E-state index contributed by atoms with van der Waals surface area (Å²) in [4.78, 5) is 25.0. The van der Waals surface area contributed by atoms with Crippen LogP contribution in [0.15, 0.2) is 28.7 Å². The predicted octanol–water partition coefficient (Wildman–Crippen LogP) is 5.41. The highest BCUT2D eigenvalue weighted by Gasteiger charge is 2.60. The third-order valence-corrected chi connectivity index (χ3v) is 5.58. The summed E-state index contributed by atoms with van der Waals surface area (Å²) in [6, 6.07) is 7.09. The van der Waals surface area contributed by atoms with Crippen molar-refractivity contribution in [2.24, 2.45) is 11.3 Å². The van der Waals surface area contributed by atoms with Gasteiger partial charge in [0.25, 0.3) is 0 Å². The van der Waals surface area contributed by atoms with Crippen LogP contribution < -0.4 is 4.90 Å². The fourth-order valence-corrected chi connectivity index (χ4v) is 3.77. The van der Waals surface area contributed by atoms with E-state index in [2.05, 4.69) is 15.9 Å². The number of unbranched alkanes of at least 4 members (excludes halogenated alkanes) is 2. The number of rotatable bonds is 8. The number of aliphatic carboxylic acids is 1. The van der Waals surface area contributed by atoms with Crippen LogP contribution in [0.25, 0.3) is 0 Å². The van der Waals surface area contributed by atoms with Gasteiger partial charge in [-0.1, -0.05) is 35.3 Å². The van der Waals surface area contributed by atoms with Crippen molar-refractivity contribution in [3.05, 3.63) is 28.7 Å². The van der Waals surface area contributed by atoms with E-state index in [-0.39, 0.29) is 25.2 Å². The van der Waals surface area contributed by atoms with Gasteiger partial charge in [0.2, 0.25) is 5.91 Å². The van der Waals surface area contributed by atoms with Gasteiger partial charge < -0.3 is 10.0 Å². The van der Waals surface area contributed by atoms with Crippen LogP contribution in [0.5, 0.6) is 0 Å². The molecule has 8 heteroatoms. The Hall–Kier alpha value is -1.57.